The lowest BCUT2D eigenvalue weighted by atomic mass is 9.90. The first kappa shape index (κ1) is 19.7. The van der Waals surface area contributed by atoms with Crippen LogP contribution >= 0.6 is 0 Å². The highest BCUT2D eigenvalue weighted by atomic mass is 32.2. The van der Waals surface area contributed by atoms with E-state index in [1.165, 1.54) is 4.31 Å². The number of rotatable bonds is 6. The third-order valence-electron chi connectivity index (χ3n) is 5.31. The second kappa shape index (κ2) is 8.33. The maximum Gasteiger partial charge on any atom is 0.243 e. The van der Waals surface area contributed by atoms with Crippen molar-refractivity contribution in [1.82, 2.24) is 9.62 Å². The molecule has 0 aliphatic carbocycles. The Morgan fingerprint density at radius 3 is 2.58 bits per heavy atom. The Kier molecular flexibility index (Phi) is 6.32. The zero-order chi connectivity index (χ0) is 18.6. The lowest BCUT2D eigenvalue weighted by molar-refractivity contribution is -0.104. The van der Waals surface area contributed by atoms with E-state index >= 15 is 0 Å². The molecule has 2 aliphatic rings. The number of benzene rings is 1. The van der Waals surface area contributed by atoms with Crippen LogP contribution in [0.5, 0.6) is 0 Å². The summed E-state index contributed by atoms with van der Waals surface area (Å²) in [4.78, 5) is 0.203. The molecule has 7 nitrogen and oxygen atoms in total. The van der Waals surface area contributed by atoms with Crippen molar-refractivity contribution in [1.29, 1.82) is 0 Å². The molecule has 0 radical (unpaired) electrons. The van der Waals surface area contributed by atoms with Gasteiger partial charge in [-0.05, 0) is 43.9 Å². The number of piperidine rings is 1. The fraction of sp³-hybridized carbons (Fsp3) is 0.667. The van der Waals surface area contributed by atoms with Gasteiger partial charge in [-0.3, -0.25) is 0 Å². The molecule has 3 rings (SSSR count). The molecular weight excluding hydrogens is 356 g/mol. The Labute approximate surface area is 155 Å². The fourth-order valence-corrected chi connectivity index (χ4v) is 5.13. The van der Waals surface area contributed by atoms with Gasteiger partial charge in [0.2, 0.25) is 10.0 Å². The van der Waals surface area contributed by atoms with E-state index in [1.807, 2.05) is 0 Å². The number of nitrogens with zero attached hydrogens (tertiary/aromatic N) is 1. The summed E-state index contributed by atoms with van der Waals surface area (Å²) in [6, 6.07) is 8.20. The van der Waals surface area contributed by atoms with Crippen LogP contribution in [0.4, 0.5) is 0 Å². The lowest BCUT2D eigenvalue weighted by Gasteiger charge is -2.42. The number of sulfonamides is 1. The normalized spacial score (nSPS) is 28.9. The third kappa shape index (κ3) is 4.44. The van der Waals surface area contributed by atoms with Crippen LogP contribution in [0, 0.1) is 5.92 Å². The highest BCUT2D eigenvalue weighted by Gasteiger charge is 2.44. The van der Waals surface area contributed by atoms with E-state index < -0.39 is 21.7 Å². The van der Waals surface area contributed by atoms with Gasteiger partial charge in [-0.15, -0.1) is 0 Å². The number of hydrogen-bond donors (Lipinski definition) is 3. The van der Waals surface area contributed by atoms with Crippen LogP contribution < -0.4 is 5.32 Å². The van der Waals surface area contributed by atoms with Crippen LogP contribution in [0.2, 0.25) is 0 Å². The van der Waals surface area contributed by atoms with Crippen LogP contribution in [0.1, 0.15) is 19.3 Å². The van der Waals surface area contributed by atoms with Gasteiger partial charge < -0.3 is 20.3 Å². The van der Waals surface area contributed by atoms with E-state index in [1.54, 1.807) is 30.3 Å². The SMILES string of the molecule is O=S(=O)(c1ccccc1)N1CC[C@H](O)[C@@](O)(CNCC2CCOCC2)C1. The molecule has 8 heteroatoms. The van der Waals surface area contributed by atoms with Gasteiger partial charge in [0.15, 0.2) is 0 Å². The van der Waals surface area contributed by atoms with E-state index in [4.69, 9.17) is 4.74 Å². The minimum Gasteiger partial charge on any atom is -0.390 e. The molecular formula is C18H28N2O5S. The van der Waals surface area contributed by atoms with Crippen LogP contribution in [-0.4, -0.2) is 74.0 Å². The van der Waals surface area contributed by atoms with E-state index in [0.29, 0.717) is 5.92 Å². The van der Waals surface area contributed by atoms with Gasteiger partial charge >= 0.3 is 0 Å². The summed E-state index contributed by atoms with van der Waals surface area (Å²) in [6.07, 6.45) is 1.21. The summed E-state index contributed by atoms with van der Waals surface area (Å²) in [7, 11) is -3.68. The molecule has 0 amide bonds. The average molecular weight is 384 g/mol. The minimum absolute atomic E-state index is 0.119. The number of aliphatic hydroxyl groups is 2. The highest BCUT2D eigenvalue weighted by molar-refractivity contribution is 7.89. The first-order chi connectivity index (χ1) is 12.4. The summed E-state index contributed by atoms with van der Waals surface area (Å²) in [6.45, 7) is 2.47. The standard InChI is InChI=1S/C18H28N2O5S/c21-17-6-9-20(26(23,24)16-4-2-1-3-5-16)14-18(17,22)13-19-12-15-7-10-25-11-8-15/h1-5,15,17,19,21-22H,6-14H2/t17-,18+/m0/s1. The Bertz CT molecular complexity index is 678. The molecule has 0 aromatic heterocycles. The molecule has 0 bridgehead atoms. The molecule has 2 saturated heterocycles. The van der Waals surface area contributed by atoms with E-state index in [9.17, 15) is 18.6 Å². The summed E-state index contributed by atoms with van der Waals surface area (Å²) >= 11 is 0. The Morgan fingerprint density at radius 1 is 1.19 bits per heavy atom. The molecule has 2 aliphatic heterocycles. The Balaban J connectivity index is 1.63. The summed E-state index contributed by atoms with van der Waals surface area (Å²) in [5, 5.41) is 24.4. The Morgan fingerprint density at radius 2 is 1.88 bits per heavy atom. The van der Waals surface area contributed by atoms with Crippen molar-refractivity contribution in [2.24, 2.45) is 5.92 Å². The molecule has 0 saturated carbocycles. The fourth-order valence-electron chi connectivity index (χ4n) is 3.59. The summed E-state index contributed by atoms with van der Waals surface area (Å²) < 4.78 is 32.2. The predicted octanol–water partition coefficient (Wildman–Crippen LogP) is 0.189. The molecule has 2 heterocycles. The van der Waals surface area contributed by atoms with E-state index in [2.05, 4.69) is 5.32 Å². The largest absolute Gasteiger partial charge is 0.390 e. The summed E-state index contributed by atoms with van der Waals surface area (Å²) in [5.41, 5.74) is -1.49. The molecule has 26 heavy (non-hydrogen) atoms. The lowest BCUT2D eigenvalue weighted by Crippen LogP contribution is -2.62. The summed E-state index contributed by atoms with van der Waals surface area (Å²) in [5.74, 6) is 0.484. The Hall–Kier alpha value is -1.03. The van der Waals surface area contributed by atoms with Crippen molar-refractivity contribution < 1.29 is 23.4 Å². The van der Waals surface area contributed by atoms with Gasteiger partial charge in [0.1, 0.15) is 5.60 Å². The molecule has 3 N–H and O–H groups in total. The smallest absolute Gasteiger partial charge is 0.243 e. The van der Waals surface area contributed by atoms with Gasteiger partial charge in [0, 0.05) is 32.8 Å². The molecule has 0 spiro atoms. The zero-order valence-electron chi connectivity index (χ0n) is 14.9. The average Bonchev–Trinajstić information content (AvgIpc) is 2.65. The van der Waals surface area contributed by atoms with Crippen molar-refractivity contribution in [3.05, 3.63) is 30.3 Å². The second-order valence-corrected chi connectivity index (χ2v) is 9.18. The van der Waals surface area contributed by atoms with Gasteiger partial charge in [0.05, 0.1) is 11.0 Å². The number of ether oxygens (including phenoxy) is 1. The zero-order valence-corrected chi connectivity index (χ0v) is 15.7. The van der Waals surface area contributed by atoms with Crippen LogP contribution in [0.3, 0.4) is 0 Å². The van der Waals surface area contributed by atoms with Crippen molar-refractivity contribution in [2.45, 2.75) is 35.9 Å². The van der Waals surface area contributed by atoms with Crippen LogP contribution in [0.25, 0.3) is 0 Å². The quantitative estimate of drug-likeness (QED) is 0.648. The molecule has 2 fully saturated rings. The van der Waals surface area contributed by atoms with Gasteiger partial charge in [-0.2, -0.15) is 4.31 Å². The second-order valence-electron chi connectivity index (χ2n) is 7.25. The topological polar surface area (TPSA) is 99.1 Å². The maximum absolute atomic E-state index is 12.8. The van der Waals surface area contributed by atoms with Gasteiger partial charge in [-0.25, -0.2) is 8.42 Å². The van der Waals surface area contributed by atoms with Gasteiger partial charge in [0.25, 0.3) is 0 Å². The number of aliphatic hydroxyl groups excluding tert-OH is 1. The van der Waals surface area contributed by atoms with Gasteiger partial charge in [-0.1, -0.05) is 18.2 Å². The first-order valence-corrected chi connectivity index (χ1v) is 10.6. The third-order valence-corrected chi connectivity index (χ3v) is 7.17. The van der Waals surface area contributed by atoms with Crippen molar-refractivity contribution >= 4 is 10.0 Å². The van der Waals surface area contributed by atoms with Crippen LogP contribution in [-0.2, 0) is 14.8 Å². The number of β-amino-alcohol motifs (C(OH)–C–C–N with tert-alkyl or cyclic N) is 1. The molecule has 1 aromatic rings. The molecule has 1 aromatic carbocycles. The highest BCUT2D eigenvalue weighted by Crippen LogP contribution is 2.27. The monoisotopic (exact) mass is 384 g/mol. The van der Waals surface area contributed by atoms with E-state index in [0.717, 1.165) is 32.6 Å². The molecule has 146 valence electrons. The number of nitrogens with one attached hydrogen (secondary N) is 1. The van der Waals surface area contributed by atoms with Crippen molar-refractivity contribution in [3.8, 4) is 0 Å². The van der Waals surface area contributed by atoms with Crippen molar-refractivity contribution in [2.75, 3.05) is 39.4 Å². The predicted molar refractivity (Wildman–Crippen MR) is 97.2 cm³/mol. The van der Waals surface area contributed by atoms with Crippen molar-refractivity contribution in [3.63, 3.8) is 0 Å². The van der Waals surface area contributed by atoms with Crippen LogP contribution in [0.15, 0.2) is 35.2 Å². The molecule has 2 atom stereocenters. The maximum atomic E-state index is 12.8. The first-order valence-electron chi connectivity index (χ1n) is 9.16. The molecule has 0 unspecified atom stereocenters. The minimum atomic E-state index is -3.68. The number of hydrogen-bond acceptors (Lipinski definition) is 6. The van der Waals surface area contributed by atoms with E-state index in [-0.39, 0.29) is 31.0 Å².